The van der Waals surface area contributed by atoms with Gasteiger partial charge in [-0.05, 0) is 43.8 Å². The quantitative estimate of drug-likeness (QED) is 0.731. The summed E-state index contributed by atoms with van der Waals surface area (Å²) in [6.45, 7) is 1.35. The van der Waals surface area contributed by atoms with E-state index in [1.807, 2.05) is 0 Å². The number of ether oxygens (including phenoxy) is 1. The summed E-state index contributed by atoms with van der Waals surface area (Å²) < 4.78 is 31.5. The molecule has 0 unspecified atom stereocenters. The largest absolute Gasteiger partial charge is 0.483 e. The van der Waals surface area contributed by atoms with Gasteiger partial charge >= 0.3 is 0 Å². The van der Waals surface area contributed by atoms with Gasteiger partial charge in [0.1, 0.15) is 5.75 Å². The van der Waals surface area contributed by atoms with E-state index in [0.29, 0.717) is 28.8 Å². The van der Waals surface area contributed by atoms with E-state index in [2.05, 4.69) is 10.0 Å². The summed E-state index contributed by atoms with van der Waals surface area (Å²) in [6, 6.07) is 11.1. The highest BCUT2D eigenvalue weighted by Gasteiger charge is 2.16. The minimum Gasteiger partial charge on any atom is -0.483 e. The molecule has 0 atom stereocenters. The van der Waals surface area contributed by atoms with Gasteiger partial charge in [-0.15, -0.1) is 0 Å². The average Bonchev–Trinajstić information content (AvgIpc) is 2.61. The number of carbonyl (C=O) groups is 2. The van der Waals surface area contributed by atoms with E-state index in [-0.39, 0.29) is 11.5 Å². The molecule has 8 heteroatoms. The lowest BCUT2D eigenvalue weighted by Crippen LogP contribution is -2.22. The summed E-state index contributed by atoms with van der Waals surface area (Å²) in [7, 11) is -2.31. The molecule has 0 saturated heterocycles. The topological polar surface area (TPSA) is 102 Å². The van der Waals surface area contributed by atoms with Gasteiger partial charge in [0.2, 0.25) is 10.0 Å². The van der Waals surface area contributed by atoms with Crippen molar-refractivity contribution in [3.63, 3.8) is 0 Å². The van der Waals surface area contributed by atoms with Crippen LogP contribution in [0.25, 0.3) is 0 Å². The zero-order chi connectivity index (χ0) is 18.4. The smallest absolute Gasteiger partial charge is 0.262 e. The highest BCUT2D eigenvalue weighted by molar-refractivity contribution is 7.89. The first kappa shape index (κ1) is 18.6. The maximum Gasteiger partial charge on any atom is 0.262 e. The molecule has 7 nitrogen and oxygen atoms in total. The van der Waals surface area contributed by atoms with Crippen LogP contribution in [-0.4, -0.2) is 34.3 Å². The number of nitrogens with one attached hydrogen (secondary N) is 2. The molecule has 25 heavy (non-hydrogen) atoms. The summed E-state index contributed by atoms with van der Waals surface area (Å²) >= 11 is 0. The number of amides is 1. The first-order chi connectivity index (χ1) is 11.9. The zero-order valence-corrected chi connectivity index (χ0v) is 14.6. The van der Waals surface area contributed by atoms with Crippen molar-refractivity contribution in [2.45, 2.75) is 11.8 Å². The maximum atomic E-state index is 12.0. The minimum atomic E-state index is -3.62. The second-order valence-electron chi connectivity index (χ2n) is 5.18. The summed E-state index contributed by atoms with van der Waals surface area (Å²) in [4.78, 5) is 23.0. The number of carbonyl (C=O) groups excluding carboxylic acids is 2. The van der Waals surface area contributed by atoms with Crippen molar-refractivity contribution in [1.29, 1.82) is 0 Å². The van der Waals surface area contributed by atoms with Crippen molar-refractivity contribution in [3.8, 4) is 5.75 Å². The summed E-state index contributed by atoms with van der Waals surface area (Å²) in [5, 5.41) is 2.57. The summed E-state index contributed by atoms with van der Waals surface area (Å²) in [6.07, 6.45) is 0.641. The molecule has 2 aromatic carbocycles. The van der Waals surface area contributed by atoms with Gasteiger partial charge in [-0.25, -0.2) is 13.1 Å². The third kappa shape index (κ3) is 4.65. The average molecular weight is 362 g/mol. The molecule has 0 aromatic heterocycles. The van der Waals surface area contributed by atoms with Crippen LogP contribution in [0, 0.1) is 6.92 Å². The number of para-hydroxylation sites is 1. The number of hydrogen-bond acceptors (Lipinski definition) is 5. The number of aryl methyl sites for hydroxylation is 1. The SMILES string of the molecule is CNS(=O)(=O)c1cc(NC(=O)COc2ccccc2C=O)ccc1C. The number of anilines is 1. The van der Waals surface area contributed by atoms with Gasteiger partial charge in [-0.3, -0.25) is 9.59 Å². The van der Waals surface area contributed by atoms with Gasteiger partial charge in [-0.1, -0.05) is 18.2 Å². The van der Waals surface area contributed by atoms with Crippen LogP contribution in [0.5, 0.6) is 5.75 Å². The summed E-state index contributed by atoms with van der Waals surface area (Å²) in [5.74, 6) is -0.174. The Balaban J connectivity index is 2.08. The molecule has 0 aliphatic heterocycles. The fourth-order valence-electron chi connectivity index (χ4n) is 2.13. The van der Waals surface area contributed by atoms with Crippen molar-refractivity contribution in [2.24, 2.45) is 0 Å². The van der Waals surface area contributed by atoms with Crippen LogP contribution in [0.1, 0.15) is 15.9 Å². The molecule has 2 aromatic rings. The Bertz CT molecular complexity index is 894. The lowest BCUT2D eigenvalue weighted by atomic mass is 10.2. The number of hydrogen-bond donors (Lipinski definition) is 2. The lowest BCUT2D eigenvalue weighted by Gasteiger charge is -2.11. The van der Waals surface area contributed by atoms with E-state index >= 15 is 0 Å². The Morgan fingerprint density at radius 1 is 1.20 bits per heavy atom. The molecule has 132 valence electrons. The molecule has 0 heterocycles. The number of rotatable bonds is 7. The third-order valence-corrected chi connectivity index (χ3v) is 4.99. The van der Waals surface area contributed by atoms with E-state index in [1.54, 1.807) is 43.3 Å². The molecule has 2 N–H and O–H groups in total. The maximum absolute atomic E-state index is 12.0. The van der Waals surface area contributed by atoms with Crippen LogP contribution in [0.15, 0.2) is 47.4 Å². The molecule has 0 aliphatic carbocycles. The molecular weight excluding hydrogens is 344 g/mol. The van der Waals surface area contributed by atoms with Crippen LogP contribution in [0.4, 0.5) is 5.69 Å². The number of sulfonamides is 1. The van der Waals surface area contributed by atoms with E-state index in [0.717, 1.165) is 0 Å². The van der Waals surface area contributed by atoms with Crippen LogP contribution < -0.4 is 14.8 Å². The fourth-order valence-corrected chi connectivity index (χ4v) is 3.12. The van der Waals surface area contributed by atoms with Gasteiger partial charge in [0.25, 0.3) is 5.91 Å². The Hall–Kier alpha value is -2.71. The normalized spacial score (nSPS) is 11.0. The Labute approximate surface area is 146 Å². The van der Waals surface area contributed by atoms with E-state index in [9.17, 15) is 18.0 Å². The molecule has 0 fully saturated rings. The lowest BCUT2D eigenvalue weighted by molar-refractivity contribution is -0.118. The molecule has 0 spiro atoms. The van der Waals surface area contributed by atoms with E-state index in [4.69, 9.17) is 4.74 Å². The molecule has 0 saturated carbocycles. The Kier molecular flexibility index (Phi) is 5.89. The van der Waals surface area contributed by atoms with Crippen LogP contribution >= 0.6 is 0 Å². The predicted molar refractivity (Wildman–Crippen MR) is 93.4 cm³/mol. The van der Waals surface area contributed by atoms with E-state index < -0.39 is 15.9 Å². The molecule has 1 amide bonds. The van der Waals surface area contributed by atoms with Crippen molar-refractivity contribution in [3.05, 3.63) is 53.6 Å². The van der Waals surface area contributed by atoms with Crippen LogP contribution in [0.2, 0.25) is 0 Å². The predicted octanol–water partition coefficient (Wildman–Crippen LogP) is 1.73. The van der Waals surface area contributed by atoms with Gasteiger partial charge < -0.3 is 10.1 Å². The van der Waals surface area contributed by atoms with Gasteiger partial charge in [-0.2, -0.15) is 0 Å². The number of aldehydes is 1. The highest BCUT2D eigenvalue weighted by Crippen LogP contribution is 2.20. The second kappa shape index (κ2) is 7.91. The van der Waals surface area contributed by atoms with Crippen LogP contribution in [-0.2, 0) is 14.8 Å². The Morgan fingerprint density at radius 2 is 1.92 bits per heavy atom. The van der Waals surface area contributed by atoms with Crippen molar-refractivity contribution in [1.82, 2.24) is 4.72 Å². The van der Waals surface area contributed by atoms with Crippen molar-refractivity contribution >= 4 is 27.9 Å². The number of benzene rings is 2. The summed E-state index contributed by atoms with van der Waals surface area (Å²) in [5.41, 5.74) is 1.23. The first-order valence-electron chi connectivity index (χ1n) is 7.38. The molecule has 0 radical (unpaired) electrons. The van der Waals surface area contributed by atoms with Crippen LogP contribution in [0.3, 0.4) is 0 Å². The van der Waals surface area contributed by atoms with Crippen molar-refractivity contribution in [2.75, 3.05) is 19.0 Å². The molecular formula is C17H18N2O5S. The van der Waals surface area contributed by atoms with Crippen molar-refractivity contribution < 1.29 is 22.7 Å². The fraction of sp³-hybridized carbons (Fsp3) is 0.176. The van der Waals surface area contributed by atoms with Gasteiger partial charge in [0.05, 0.1) is 10.5 Å². The monoisotopic (exact) mass is 362 g/mol. The first-order valence-corrected chi connectivity index (χ1v) is 8.86. The molecule has 2 rings (SSSR count). The Morgan fingerprint density at radius 3 is 2.60 bits per heavy atom. The minimum absolute atomic E-state index is 0.0834. The van der Waals surface area contributed by atoms with Gasteiger partial charge in [0, 0.05) is 5.69 Å². The molecule has 0 bridgehead atoms. The third-order valence-electron chi connectivity index (χ3n) is 3.43. The molecule has 0 aliphatic rings. The second-order valence-corrected chi connectivity index (χ2v) is 7.04. The zero-order valence-electron chi connectivity index (χ0n) is 13.8. The van der Waals surface area contributed by atoms with Gasteiger partial charge in [0.15, 0.2) is 12.9 Å². The highest BCUT2D eigenvalue weighted by atomic mass is 32.2. The van der Waals surface area contributed by atoms with E-state index in [1.165, 1.54) is 13.1 Å². The standard InChI is InChI=1S/C17H18N2O5S/c1-12-7-8-14(9-16(12)25(22,23)18-2)19-17(21)11-24-15-6-4-3-5-13(15)10-20/h3-10,18H,11H2,1-2H3,(H,19,21).